The molecule has 1 saturated carbocycles. The lowest BCUT2D eigenvalue weighted by Crippen LogP contribution is -2.45. The fourth-order valence-corrected chi connectivity index (χ4v) is 3.82. The molecule has 3 rings (SSSR count). The average Bonchev–Trinajstić information content (AvgIpc) is 2.68. The lowest BCUT2D eigenvalue weighted by molar-refractivity contribution is -0.146. The van der Waals surface area contributed by atoms with Crippen molar-refractivity contribution in [1.29, 1.82) is 0 Å². The Hall–Kier alpha value is -2.70. The van der Waals surface area contributed by atoms with Crippen LogP contribution in [0.5, 0.6) is 11.5 Å². The zero-order chi connectivity index (χ0) is 20.3. The summed E-state index contributed by atoms with van der Waals surface area (Å²) < 4.78 is 16.5. The number of carbonyl (C=O) groups excluding carboxylic acids is 2. The summed E-state index contributed by atoms with van der Waals surface area (Å²) >= 11 is 0. The van der Waals surface area contributed by atoms with E-state index in [0.717, 1.165) is 25.7 Å². The number of rotatable bonds is 5. The van der Waals surface area contributed by atoms with E-state index in [1.54, 1.807) is 39.3 Å². The third-order valence-electron chi connectivity index (χ3n) is 5.48. The van der Waals surface area contributed by atoms with Gasteiger partial charge in [-0.3, -0.25) is 0 Å². The molecule has 0 spiro atoms. The Morgan fingerprint density at radius 3 is 2.46 bits per heavy atom. The Morgan fingerprint density at radius 1 is 1.11 bits per heavy atom. The summed E-state index contributed by atoms with van der Waals surface area (Å²) in [5, 5.41) is 5.50. The number of amides is 2. The minimum absolute atomic E-state index is 0.0833. The maximum atomic E-state index is 13.0. The molecule has 1 aliphatic heterocycles. The van der Waals surface area contributed by atoms with Crippen molar-refractivity contribution in [2.24, 2.45) is 5.92 Å². The van der Waals surface area contributed by atoms with Crippen LogP contribution < -0.4 is 20.1 Å². The van der Waals surface area contributed by atoms with Gasteiger partial charge in [0.1, 0.15) is 17.6 Å². The van der Waals surface area contributed by atoms with Gasteiger partial charge < -0.3 is 24.8 Å². The van der Waals surface area contributed by atoms with Crippen LogP contribution in [0.1, 0.15) is 51.1 Å². The van der Waals surface area contributed by atoms with E-state index < -0.39 is 12.0 Å². The van der Waals surface area contributed by atoms with Crippen LogP contribution in [0.15, 0.2) is 29.5 Å². The van der Waals surface area contributed by atoms with Gasteiger partial charge in [-0.2, -0.15) is 0 Å². The predicted octanol–water partition coefficient (Wildman–Crippen LogP) is 3.45. The van der Waals surface area contributed by atoms with Crippen LogP contribution in [0, 0.1) is 5.92 Å². The molecule has 0 saturated heterocycles. The molecule has 0 bridgehead atoms. The highest BCUT2D eigenvalue weighted by Gasteiger charge is 2.35. The van der Waals surface area contributed by atoms with Gasteiger partial charge in [0, 0.05) is 17.3 Å². The SMILES string of the molecule is COc1ccc(C2NC(=O)NC(C)=C2C(=O)OC2CCC(C)CC2)c(OC)c1. The van der Waals surface area contributed by atoms with Gasteiger partial charge in [0.2, 0.25) is 0 Å². The molecular formula is C21H28N2O5. The van der Waals surface area contributed by atoms with E-state index in [1.165, 1.54) is 0 Å². The number of esters is 1. The van der Waals surface area contributed by atoms with Gasteiger partial charge in [0.15, 0.2) is 0 Å². The van der Waals surface area contributed by atoms with Gasteiger partial charge in [-0.05, 0) is 50.7 Å². The standard InChI is InChI=1S/C21H28N2O5/c1-12-5-7-14(8-6-12)28-20(24)18-13(2)22-21(25)23-19(18)16-10-9-15(26-3)11-17(16)27-4/h9-12,14,19H,5-8H2,1-4H3,(H2,22,23,25). The van der Waals surface area contributed by atoms with Gasteiger partial charge in [-0.1, -0.05) is 6.92 Å². The molecule has 1 heterocycles. The third-order valence-corrected chi connectivity index (χ3v) is 5.48. The molecule has 7 nitrogen and oxygen atoms in total. The first-order valence-corrected chi connectivity index (χ1v) is 9.64. The smallest absolute Gasteiger partial charge is 0.338 e. The second-order valence-electron chi connectivity index (χ2n) is 7.47. The van der Waals surface area contributed by atoms with E-state index in [2.05, 4.69) is 17.6 Å². The number of carbonyl (C=O) groups is 2. The Balaban J connectivity index is 1.90. The number of allylic oxidation sites excluding steroid dienone is 1. The number of hydrogen-bond donors (Lipinski definition) is 2. The molecule has 0 radical (unpaired) electrons. The van der Waals surface area contributed by atoms with Crippen molar-refractivity contribution in [3.8, 4) is 11.5 Å². The number of ether oxygens (including phenoxy) is 3. The van der Waals surface area contributed by atoms with Crippen molar-refractivity contribution in [3.05, 3.63) is 35.0 Å². The van der Waals surface area contributed by atoms with Crippen molar-refractivity contribution >= 4 is 12.0 Å². The van der Waals surface area contributed by atoms with Crippen molar-refractivity contribution in [3.63, 3.8) is 0 Å². The van der Waals surface area contributed by atoms with Crippen LogP contribution in [-0.2, 0) is 9.53 Å². The topological polar surface area (TPSA) is 85.9 Å². The first-order chi connectivity index (χ1) is 13.4. The maximum absolute atomic E-state index is 13.0. The molecule has 1 aromatic rings. The predicted molar refractivity (Wildman–Crippen MR) is 104 cm³/mol. The summed E-state index contributed by atoms with van der Waals surface area (Å²) in [6, 6.07) is 4.25. The van der Waals surface area contributed by atoms with Crippen molar-refractivity contribution in [1.82, 2.24) is 10.6 Å². The fraction of sp³-hybridized carbons (Fsp3) is 0.524. The molecule has 2 N–H and O–H groups in total. The minimum Gasteiger partial charge on any atom is -0.497 e. The lowest BCUT2D eigenvalue weighted by atomic mass is 9.88. The highest BCUT2D eigenvalue weighted by Crippen LogP contribution is 2.36. The van der Waals surface area contributed by atoms with Crippen molar-refractivity contribution in [2.45, 2.75) is 51.7 Å². The lowest BCUT2D eigenvalue weighted by Gasteiger charge is -2.31. The van der Waals surface area contributed by atoms with Crippen LogP contribution >= 0.6 is 0 Å². The average molecular weight is 388 g/mol. The van der Waals surface area contributed by atoms with Gasteiger partial charge >= 0.3 is 12.0 Å². The second kappa shape index (κ2) is 8.54. The van der Waals surface area contributed by atoms with Gasteiger partial charge in [0.25, 0.3) is 0 Å². The first-order valence-electron chi connectivity index (χ1n) is 9.64. The molecule has 1 atom stereocenters. The first kappa shape index (κ1) is 20.0. The molecule has 1 aromatic carbocycles. The summed E-state index contributed by atoms with van der Waals surface area (Å²) in [4.78, 5) is 25.1. The molecule has 28 heavy (non-hydrogen) atoms. The normalized spacial score (nSPS) is 24.9. The fourth-order valence-electron chi connectivity index (χ4n) is 3.82. The molecular weight excluding hydrogens is 360 g/mol. The Bertz CT molecular complexity index is 781. The molecule has 152 valence electrons. The summed E-state index contributed by atoms with van der Waals surface area (Å²) in [5.41, 5.74) is 1.55. The number of nitrogens with one attached hydrogen (secondary N) is 2. The highest BCUT2D eigenvalue weighted by atomic mass is 16.5. The van der Waals surface area contributed by atoms with E-state index in [-0.39, 0.29) is 12.1 Å². The summed E-state index contributed by atoms with van der Waals surface area (Å²) in [6.07, 6.45) is 3.77. The molecule has 2 aliphatic rings. The Morgan fingerprint density at radius 2 is 1.82 bits per heavy atom. The third kappa shape index (κ3) is 4.24. The monoisotopic (exact) mass is 388 g/mol. The quantitative estimate of drug-likeness (QED) is 0.755. The molecule has 1 unspecified atom stereocenters. The van der Waals surface area contributed by atoms with Crippen LogP contribution in [0.4, 0.5) is 4.79 Å². The van der Waals surface area contributed by atoms with E-state index in [1.807, 2.05) is 0 Å². The zero-order valence-electron chi connectivity index (χ0n) is 16.8. The number of urea groups is 1. The largest absolute Gasteiger partial charge is 0.497 e. The van der Waals surface area contributed by atoms with Gasteiger partial charge in [-0.25, -0.2) is 9.59 Å². The molecule has 7 heteroatoms. The zero-order valence-corrected chi connectivity index (χ0v) is 16.8. The summed E-state index contributed by atoms with van der Waals surface area (Å²) in [7, 11) is 3.11. The van der Waals surface area contributed by atoms with Crippen LogP contribution in [-0.4, -0.2) is 32.3 Å². The highest BCUT2D eigenvalue weighted by molar-refractivity contribution is 5.95. The maximum Gasteiger partial charge on any atom is 0.338 e. The molecule has 0 aromatic heterocycles. The summed E-state index contributed by atoms with van der Waals surface area (Å²) in [6.45, 7) is 3.93. The van der Waals surface area contributed by atoms with Crippen LogP contribution in [0.25, 0.3) is 0 Å². The number of hydrogen-bond acceptors (Lipinski definition) is 5. The Labute approximate surface area is 165 Å². The van der Waals surface area contributed by atoms with Gasteiger partial charge in [0.05, 0.1) is 25.8 Å². The van der Waals surface area contributed by atoms with E-state index in [9.17, 15) is 9.59 Å². The minimum atomic E-state index is -0.662. The van der Waals surface area contributed by atoms with Gasteiger partial charge in [-0.15, -0.1) is 0 Å². The van der Waals surface area contributed by atoms with Crippen molar-refractivity contribution in [2.75, 3.05) is 14.2 Å². The summed E-state index contributed by atoms with van der Waals surface area (Å²) in [5.74, 6) is 1.41. The van der Waals surface area contributed by atoms with E-state index in [0.29, 0.717) is 34.3 Å². The molecule has 1 aliphatic carbocycles. The van der Waals surface area contributed by atoms with Crippen LogP contribution in [0.2, 0.25) is 0 Å². The molecule has 2 amide bonds. The van der Waals surface area contributed by atoms with E-state index >= 15 is 0 Å². The second-order valence-corrected chi connectivity index (χ2v) is 7.47. The number of methoxy groups -OCH3 is 2. The number of benzene rings is 1. The van der Waals surface area contributed by atoms with E-state index in [4.69, 9.17) is 14.2 Å². The molecule has 1 fully saturated rings. The van der Waals surface area contributed by atoms with Crippen LogP contribution in [0.3, 0.4) is 0 Å². The Kier molecular flexibility index (Phi) is 6.11. The van der Waals surface area contributed by atoms with Crippen molar-refractivity contribution < 1.29 is 23.8 Å².